The van der Waals surface area contributed by atoms with Crippen molar-refractivity contribution in [3.8, 4) is 11.5 Å². The fourth-order valence-electron chi connectivity index (χ4n) is 2.06. The van der Waals surface area contributed by atoms with Gasteiger partial charge in [-0.2, -0.15) is 0 Å². The van der Waals surface area contributed by atoms with E-state index in [0.29, 0.717) is 13.2 Å². The molecule has 0 saturated carbocycles. The summed E-state index contributed by atoms with van der Waals surface area (Å²) < 4.78 is 11.3. The maximum Gasteiger partial charge on any atom is 0.191 e. The van der Waals surface area contributed by atoms with E-state index >= 15 is 0 Å². The van der Waals surface area contributed by atoms with Crippen LogP contribution < -0.4 is 20.1 Å². The number of halogens is 1. The van der Waals surface area contributed by atoms with Crippen molar-refractivity contribution in [2.45, 2.75) is 40.2 Å². The zero-order valence-electron chi connectivity index (χ0n) is 14.8. The minimum atomic E-state index is 0. The molecule has 0 amide bonds. The molecule has 132 valence electrons. The highest BCUT2D eigenvalue weighted by Crippen LogP contribution is 2.30. The first-order valence-electron chi connectivity index (χ1n) is 8.02. The van der Waals surface area contributed by atoms with Crippen LogP contribution in [0.5, 0.6) is 11.5 Å². The molecule has 0 fully saturated rings. The molecule has 0 aliphatic carbocycles. The van der Waals surface area contributed by atoms with E-state index in [1.54, 1.807) is 7.05 Å². The van der Waals surface area contributed by atoms with Crippen molar-refractivity contribution >= 4 is 29.9 Å². The lowest BCUT2D eigenvalue weighted by molar-refractivity contribution is 0.287. The first-order chi connectivity index (χ1) is 10.7. The van der Waals surface area contributed by atoms with Gasteiger partial charge < -0.3 is 20.1 Å². The first kappa shape index (κ1) is 21.8. The molecule has 5 nitrogen and oxygen atoms in total. The van der Waals surface area contributed by atoms with Gasteiger partial charge in [0.25, 0.3) is 0 Å². The molecule has 0 radical (unpaired) electrons. The Morgan fingerprint density at radius 2 is 1.78 bits per heavy atom. The van der Waals surface area contributed by atoms with Crippen molar-refractivity contribution in [2.75, 3.05) is 26.8 Å². The summed E-state index contributed by atoms with van der Waals surface area (Å²) in [6, 6.07) is 6.17. The molecule has 1 aromatic rings. The number of rotatable bonds is 8. The molecule has 2 N–H and O–H groups in total. The second-order valence-electron chi connectivity index (χ2n) is 4.94. The molecule has 6 heteroatoms. The van der Waals surface area contributed by atoms with Gasteiger partial charge in [-0.3, -0.25) is 4.99 Å². The molecule has 23 heavy (non-hydrogen) atoms. The molecule has 1 aromatic carbocycles. The van der Waals surface area contributed by atoms with Gasteiger partial charge in [-0.25, -0.2) is 0 Å². The van der Waals surface area contributed by atoms with Crippen LogP contribution in [0.25, 0.3) is 0 Å². The molecular weight excluding hydrogens is 405 g/mol. The average molecular weight is 435 g/mol. The van der Waals surface area contributed by atoms with Crippen LogP contribution in [-0.2, 0) is 0 Å². The van der Waals surface area contributed by atoms with Gasteiger partial charge in [0.2, 0.25) is 0 Å². The number of ether oxygens (including phenoxy) is 2. The highest BCUT2D eigenvalue weighted by Gasteiger charge is 2.12. The summed E-state index contributed by atoms with van der Waals surface area (Å²) in [6.45, 7) is 10.3. The summed E-state index contributed by atoms with van der Waals surface area (Å²) in [7, 11) is 1.78. The minimum Gasteiger partial charge on any atom is -0.490 e. The van der Waals surface area contributed by atoms with E-state index in [2.05, 4.69) is 35.5 Å². The number of aliphatic imine (C=N–C) groups is 1. The number of guanidine groups is 1. The molecule has 0 spiro atoms. The molecular formula is C17H30IN3O2. The van der Waals surface area contributed by atoms with Crippen molar-refractivity contribution < 1.29 is 9.47 Å². The number of nitrogens with one attached hydrogen (secondary N) is 2. The molecule has 1 rings (SSSR count). The van der Waals surface area contributed by atoms with E-state index in [1.807, 2.05) is 26.0 Å². The quantitative estimate of drug-likeness (QED) is 0.371. The average Bonchev–Trinajstić information content (AvgIpc) is 2.53. The molecule has 1 atom stereocenters. The number of benzene rings is 1. The molecule has 0 saturated heterocycles. The third-order valence-electron chi connectivity index (χ3n) is 3.19. The zero-order valence-corrected chi connectivity index (χ0v) is 17.1. The molecule has 0 aliphatic rings. The number of nitrogens with zero attached hydrogens (tertiary/aromatic N) is 1. The van der Waals surface area contributed by atoms with Crippen LogP contribution in [0, 0.1) is 0 Å². The Labute approximate surface area is 157 Å². The van der Waals surface area contributed by atoms with E-state index in [4.69, 9.17) is 9.47 Å². The van der Waals surface area contributed by atoms with E-state index in [9.17, 15) is 0 Å². The van der Waals surface area contributed by atoms with Gasteiger partial charge in [0, 0.05) is 13.6 Å². The van der Waals surface area contributed by atoms with Gasteiger partial charge in [-0.15, -0.1) is 24.0 Å². The summed E-state index contributed by atoms with van der Waals surface area (Å²) in [6.07, 6.45) is 1.06. The van der Waals surface area contributed by atoms with Crippen LogP contribution in [0.4, 0.5) is 0 Å². The Hall–Kier alpha value is -1.18. The van der Waals surface area contributed by atoms with Crippen LogP contribution in [0.1, 0.15) is 45.7 Å². The lowest BCUT2D eigenvalue weighted by Crippen LogP contribution is -2.38. The molecule has 0 aromatic heterocycles. The van der Waals surface area contributed by atoms with Crippen molar-refractivity contribution in [1.29, 1.82) is 0 Å². The maximum atomic E-state index is 5.68. The van der Waals surface area contributed by atoms with Gasteiger partial charge in [0.1, 0.15) is 0 Å². The van der Waals surface area contributed by atoms with Crippen molar-refractivity contribution in [1.82, 2.24) is 10.6 Å². The minimum absolute atomic E-state index is 0. The molecule has 0 heterocycles. The van der Waals surface area contributed by atoms with Gasteiger partial charge in [0.05, 0.1) is 19.3 Å². The third-order valence-corrected chi connectivity index (χ3v) is 3.19. The summed E-state index contributed by atoms with van der Waals surface area (Å²) in [5.74, 6) is 2.38. The Kier molecular flexibility index (Phi) is 11.6. The topological polar surface area (TPSA) is 54.9 Å². The highest BCUT2D eigenvalue weighted by molar-refractivity contribution is 14.0. The summed E-state index contributed by atoms with van der Waals surface area (Å²) in [5, 5.41) is 6.66. The maximum absolute atomic E-state index is 5.68. The molecule has 0 aliphatic heterocycles. The van der Waals surface area contributed by atoms with Crippen LogP contribution >= 0.6 is 24.0 Å². The highest BCUT2D eigenvalue weighted by atomic mass is 127. The lowest BCUT2D eigenvalue weighted by atomic mass is 10.1. The number of hydrogen-bond donors (Lipinski definition) is 2. The monoisotopic (exact) mass is 435 g/mol. The summed E-state index contributed by atoms with van der Waals surface area (Å²) >= 11 is 0. The standard InChI is InChI=1S/C17H29N3O2.HI/c1-6-11-19-17(18-5)20-13(4)14-9-10-15(21-7-2)16(12-14)22-8-3;/h9-10,12-13H,6-8,11H2,1-5H3,(H2,18,19,20);1H. The second-order valence-corrected chi connectivity index (χ2v) is 4.94. The SMILES string of the molecule is CCCNC(=NC)NC(C)c1ccc(OCC)c(OCC)c1.I. The normalized spacial score (nSPS) is 12.1. The number of hydrogen-bond acceptors (Lipinski definition) is 3. The predicted molar refractivity (Wildman–Crippen MR) is 107 cm³/mol. The van der Waals surface area contributed by atoms with Crippen molar-refractivity contribution in [3.05, 3.63) is 23.8 Å². The predicted octanol–water partition coefficient (Wildman–Crippen LogP) is 3.74. The summed E-state index contributed by atoms with van der Waals surface area (Å²) in [4.78, 5) is 4.24. The van der Waals surface area contributed by atoms with Crippen LogP contribution in [0.2, 0.25) is 0 Å². The second kappa shape index (κ2) is 12.3. The largest absolute Gasteiger partial charge is 0.490 e. The Balaban J connectivity index is 0.00000484. The van der Waals surface area contributed by atoms with Crippen LogP contribution in [0.15, 0.2) is 23.2 Å². The smallest absolute Gasteiger partial charge is 0.191 e. The lowest BCUT2D eigenvalue weighted by Gasteiger charge is -2.20. The van der Waals surface area contributed by atoms with E-state index < -0.39 is 0 Å². The molecule has 0 bridgehead atoms. The first-order valence-corrected chi connectivity index (χ1v) is 8.02. The molecule has 1 unspecified atom stereocenters. The van der Waals surface area contributed by atoms with Crippen molar-refractivity contribution in [2.24, 2.45) is 4.99 Å². The Morgan fingerprint density at radius 1 is 1.13 bits per heavy atom. The van der Waals surface area contributed by atoms with Gasteiger partial charge in [-0.1, -0.05) is 13.0 Å². The van der Waals surface area contributed by atoms with Gasteiger partial charge in [0.15, 0.2) is 17.5 Å². The van der Waals surface area contributed by atoms with Crippen LogP contribution in [0.3, 0.4) is 0 Å². The summed E-state index contributed by atoms with van der Waals surface area (Å²) in [5.41, 5.74) is 1.13. The van der Waals surface area contributed by atoms with Crippen molar-refractivity contribution in [3.63, 3.8) is 0 Å². The van der Waals surface area contributed by atoms with Crippen LogP contribution in [-0.4, -0.2) is 32.8 Å². The van der Waals surface area contributed by atoms with Gasteiger partial charge >= 0.3 is 0 Å². The Bertz CT molecular complexity index is 481. The van der Waals surface area contributed by atoms with E-state index in [0.717, 1.165) is 36.0 Å². The fourth-order valence-corrected chi connectivity index (χ4v) is 2.06. The zero-order chi connectivity index (χ0) is 16.4. The Morgan fingerprint density at radius 3 is 2.35 bits per heavy atom. The van der Waals surface area contributed by atoms with Gasteiger partial charge in [-0.05, 0) is 44.9 Å². The van der Waals surface area contributed by atoms with E-state index in [-0.39, 0.29) is 30.0 Å². The van der Waals surface area contributed by atoms with E-state index in [1.165, 1.54) is 0 Å². The fraction of sp³-hybridized carbons (Fsp3) is 0.588. The third kappa shape index (κ3) is 7.28.